The van der Waals surface area contributed by atoms with Crippen molar-refractivity contribution in [2.45, 2.75) is 6.18 Å². The first kappa shape index (κ1) is 13.0. The number of aromatic nitrogens is 2. The summed E-state index contributed by atoms with van der Waals surface area (Å²) in [4.78, 5) is 6.38. The first-order valence-electron chi connectivity index (χ1n) is 5.67. The number of alkyl halides is 3. The van der Waals surface area contributed by atoms with Crippen LogP contribution >= 0.6 is 11.3 Å². The number of nitrogens with one attached hydrogen (secondary N) is 1. The van der Waals surface area contributed by atoms with Gasteiger partial charge in [-0.2, -0.15) is 13.2 Å². The van der Waals surface area contributed by atoms with Gasteiger partial charge in [0, 0.05) is 22.7 Å². The zero-order chi connectivity index (χ0) is 14.3. The lowest BCUT2D eigenvalue weighted by Crippen LogP contribution is -2.03. The summed E-state index contributed by atoms with van der Waals surface area (Å²) in [6.45, 7) is 0. The van der Waals surface area contributed by atoms with Gasteiger partial charge in [-0.3, -0.25) is 0 Å². The van der Waals surface area contributed by atoms with E-state index in [9.17, 15) is 13.2 Å². The van der Waals surface area contributed by atoms with Crippen LogP contribution < -0.4 is 4.74 Å². The molecule has 7 heteroatoms. The van der Waals surface area contributed by atoms with E-state index in [-0.39, 0.29) is 5.56 Å². The minimum absolute atomic E-state index is 0.156. The van der Waals surface area contributed by atoms with Crippen molar-refractivity contribution < 1.29 is 17.9 Å². The summed E-state index contributed by atoms with van der Waals surface area (Å²) in [6, 6.07) is 3.14. The molecule has 0 fully saturated rings. The number of hydrogen-bond acceptors (Lipinski definition) is 3. The van der Waals surface area contributed by atoms with Crippen LogP contribution in [0.1, 0.15) is 4.88 Å². The minimum atomic E-state index is -4.36. The highest BCUT2D eigenvalue weighted by atomic mass is 32.1. The topological polar surface area (TPSA) is 37.9 Å². The Morgan fingerprint density at radius 2 is 2.10 bits per heavy atom. The Kier molecular flexibility index (Phi) is 2.93. The number of nitrogens with zero attached hydrogens (tertiary/aromatic N) is 1. The summed E-state index contributed by atoms with van der Waals surface area (Å²) < 4.78 is 44.0. The molecule has 0 bridgehead atoms. The Balaban J connectivity index is 2.23. The Bertz CT molecular complexity index is 760. The van der Waals surface area contributed by atoms with Crippen LogP contribution in [-0.2, 0) is 6.18 Å². The molecule has 0 aromatic carbocycles. The van der Waals surface area contributed by atoms with Gasteiger partial charge in [-0.25, -0.2) is 4.98 Å². The highest BCUT2D eigenvalue weighted by Gasteiger charge is 2.35. The van der Waals surface area contributed by atoms with Crippen molar-refractivity contribution in [2.24, 2.45) is 0 Å². The summed E-state index contributed by atoms with van der Waals surface area (Å²) in [5.41, 5.74) is 1.16. The number of thiophene rings is 1. The molecular weight excluding hydrogens is 289 g/mol. The molecule has 3 heterocycles. The maximum atomic E-state index is 13.0. The number of halogens is 3. The zero-order valence-corrected chi connectivity index (χ0v) is 11.1. The predicted molar refractivity (Wildman–Crippen MR) is 71.0 cm³/mol. The van der Waals surface area contributed by atoms with E-state index < -0.39 is 11.1 Å². The average molecular weight is 298 g/mol. The Labute approximate surface area is 116 Å². The van der Waals surface area contributed by atoms with Crippen molar-refractivity contribution in [2.75, 3.05) is 7.11 Å². The van der Waals surface area contributed by atoms with Gasteiger partial charge >= 0.3 is 6.18 Å². The lowest BCUT2D eigenvalue weighted by molar-refractivity contribution is -0.133. The Morgan fingerprint density at radius 3 is 2.80 bits per heavy atom. The van der Waals surface area contributed by atoms with E-state index in [1.54, 1.807) is 6.07 Å². The summed E-state index contributed by atoms with van der Waals surface area (Å²) in [7, 11) is 1.49. The van der Waals surface area contributed by atoms with Gasteiger partial charge < -0.3 is 9.72 Å². The fraction of sp³-hybridized carbons (Fsp3) is 0.154. The Hall–Kier alpha value is -2.02. The summed E-state index contributed by atoms with van der Waals surface area (Å²) in [5, 5.41) is 2.04. The number of rotatable bonds is 2. The fourth-order valence-corrected chi connectivity index (χ4v) is 2.84. The zero-order valence-electron chi connectivity index (χ0n) is 10.3. The summed E-state index contributed by atoms with van der Waals surface area (Å²) in [6.07, 6.45) is -1.31. The molecule has 0 saturated heterocycles. The van der Waals surface area contributed by atoms with Crippen molar-refractivity contribution in [1.82, 2.24) is 9.97 Å². The second-order valence-corrected chi connectivity index (χ2v) is 5.05. The molecule has 0 aliphatic carbocycles. The van der Waals surface area contributed by atoms with E-state index in [2.05, 4.69) is 9.97 Å². The molecule has 0 unspecified atom stereocenters. The molecule has 3 nitrogen and oxygen atoms in total. The fourth-order valence-electron chi connectivity index (χ4n) is 2.06. The van der Waals surface area contributed by atoms with Crippen molar-refractivity contribution in [3.8, 4) is 16.9 Å². The molecule has 104 valence electrons. The second-order valence-electron chi connectivity index (χ2n) is 4.13. The van der Waals surface area contributed by atoms with Gasteiger partial charge in [0.05, 0.1) is 13.3 Å². The van der Waals surface area contributed by atoms with Crippen molar-refractivity contribution in [3.05, 3.63) is 34.8 Å². The molecule has 0 saturated carbocycles. The van der Waals surface area contributed by atoms with E-state index in [1.807, 2.05) is 0 Å². The van der Waals surface area contributed by atoms with Gasteiger partial charge in [-0.15, -0.1) is 11.3 Å². The number of ether oxygens (including phenoxy) is 1. The second kappa shape index (κ2) is 4.52. The van der Waals surface area contributed by atoms with Crippen molar-refractivity contribution in [3.63, 3.8) is 0 Å². The smallest absolute Gasteiger partial charge is 0.426 e. The lowest BCUT2D eigenvalue weighted by Gasteiger charge is -2.07. The van der Waals surface area contributed by atoms with Crippen LogP contribution in [0.25, 0.3) is 22.2 Å². The van der Waals surface area contributed by atoms with E-state index in [0.717, 1.165) is 0 Å². The average Bonchev–Trinajstić information content (AvgIpc) is 3.02. The maximum Gasteiger partial charge on any atom is 0.426 e. The normalized spacial score (nSPS) is 12.0. The molecule has 0 atom stereocenters. The summed E-state index contributed by atoms with van der Waals surface area (Å²) >= 11 is 0.683. The molecule has 20 heavy (non-hydrogen) atoms. The third-order valence-electron chi connectivity index (χ3n) is 2.95. The molecule has 3 aromatic rings. The van der Waals surface area contributed by atoms with Gasteiger partial charge in [-0.1, -0.05) is 0 Å². The molecule has 0 radical (unpaired) electrons. The monoisotopic (exact) mass is 298 g/mol. The Morgan fingerprint density at radius 1 is 1.30 bits per heavy atom. The van der Waals surface area contributed by atoms with Crippen LogP contribution in [0.3, 0.4) is 0 Å². The van der Waals surface area contributed by atoms with Crippen LogP contribution in [0.5, 0.6) is 5.75 Å². The number of pyridine rings is 1. The van der Waals surface area contributed by atoms with E-state index in [1.165, 1.54) is 30.9 Å². The number of fused-ring (bicyclic) bond motifs is 1. The van der Waals surface area contributed by atoms with E-state index in [0.29, 0.717) is 33.7 Å². The third-order valence-corrected chi connectivity index (χ3v) is 3.91. The molecular formula is C13H9F3N2OS. The van der Waals surface area contributed by atoms with Crippen molar-refractivity contribution >= 4 is 22.4 Å². The van der Waals surface area contributed by atoms with E-state index in [4.69, 9.17) is 4.74 Å². The number of methoxy groups -OCH3 is 1. The number of hydrogen-bond donors (Lipinski definition) is 1. The first-order chi connectivity index (χ1) is 9.50. The third kappa shape index (κ3) is 2.03. The van der Waals surface area contributed by atoms with Crippen LogP contribution in [0.15, 0.2) is 29.9 Å². The van der Waals surface area contributed by atoms with Crippen LogP contribution in [0, 0.1) is 0 Å². The van der Waals surface area contributed by atoms with Crippen LogP contribution in [0.4, 0.5) is 13.2 Å². The highest BCUT2D eigenvalue weighted by molar-refractivity contribution is 7.10. The van der Waals surface area contributed by atoms with Gasteiger partial charge in [0.2, 0.25) is 0 Å². The minimum Gasteiger partial charge on any atom is -0.495 e. The maximum absolute atomic E-state index is 13.0. The predicted octanol–water partition coefficient (Wildman–Crippen LogP) is 4.32. The van der Waals surface area contributed by atoms with Gasteiger partial charge in [0.1, 0.15) is 16.3 Å². The number of H-pyrrole nitrogens is 1. The molecule has 3 aromatic heterocycles. The molecule has 0 aliphatic heterocycles. The SMILES string of the molecule is COc1cnc2[nH]cc(-c3ccsc3C(F)(F)F)c2c1. The number of aromatic amines is 1. The largest absolute Gasteiger partial charge is 0.495 e. The highest BCUT2D eigenvalue weighted by Crippen LogP contribution is 2.42. The molecule has 1 N–H and O–H groups in total. The van der Waals surface area contributed by atoms with Crippen LogP contribution in [0.2, 0.25) is 0 Å². The molecule has 0 aliphatic rings. The molecule has 0 amide bonds. The lowest BCUT2D eigenvalue weighted by atomic mass is 10.1. The summed E-state index contributed by atoms with van der Waals surface area (Å²) in [5.74, 6) is 0.502. The molecule has 3 rings (SSSR count). The van der Waals surface area contributed by atoms with Crippen LogP contribution in [-0.4, -0.2) is 17.1 Å². The standard InChI is InChI=1S/C13H9F3N2OS/c1-19-7-4-9-10(6-18-12(9)17-5-7)8-2-3-20-11(8)13(14,15)16/h2-6H,1H3,(H,17,18). The van der Waals surface area contributed by atoms with Gasteiger partial charge in [0.15, 0.2) is 0 Å². The van der Waals surface area contributed by atoms with Crippen molar-refractivity contribution in [1.29, 1.82) is 0 Å². The van der Waals surface area contributed by atoms with Gasteiger partial charge in [0.25, 0.3) is 0 Å². The van der Waals surface area contributed by atoms with Gasteiger partial charge in [-0.05, 0) is 17.5 Å². The quantitative estimate of drug-likeness (QED) is 0.765. The van der Waals surface area contributed by atoms with E-state index >= 15 is 0 Å². The molecule has 0 spiro atoms. The first-order valence-corrected chi connectivity index (χ1v) is 6.55.